The van der Waals surface area contributed by atoms with Gasteiger partial charge in [-0.15, -0.1) is 5.10 Å². The van der Waals surface area contributed by atoms with Gasteiger partial charge in [-0.05, 0) is 107 Å². The van der Waals surface area contributed by atoms with Gasteiger partial charge in [0.05, 0.1) is 11.4 Å². The largest absolute Gasteiger partial charge is 0.472 e. The van der Waals surface area contributed by atoms with Crippen LogP contribution in [-0.2, 0) is 16.6 Å². The number of halogens is 2. The fourth-order valence-corrected chi connectivity index (χ4v) is 6.52. The number of fused-ring (bicyclic) bond motifs is 1. The summed E-state index contributed by atoms with van der Waals surface area (Å²) in [6.07, 6.45) is 4.70. The van der Waals surface area contributed by atoms with Crippen molar-refractivity contribution in [2.75, 3.05) is 17.7 Å². The predicted molar refractivity (Wildman–Crippen MR) is 166 cm³/mol. The average Bonchev–Trinajstić information content (AvgIpc) is 3.66. The Morgan fingerprint density at radius 2 is 2.05 bits per heavy atom. The van der Waals surface area contributed by atoms with Crippen LogP contribution in [0, 0.1) is 18.3 Å². The summed E-state index contributed by atoms with van der Waals surface area (Å²) in [4.78, 5) is 17.7. The van der Waals surface area contributed by atoms with E-state index >= 15 is 0 Å². The van der Waals surface area contributed by atoms with Crippen LogP contribution in [0.2, 0.25) is 0 Å². The summed E-state index contributed by atoms with van der Waals surface area (Å²) in [6, 6.07) is 8.47. The molecule has 0 bridgehead atoms. The van der Waals surface area contributed by atoms with Crippen LogP contribution in [0.1, 0.15) is 63.0 Å². The number of hydrogen-bond acceptors (Lipinski definition) is 7. The lowest BCUT2D eigenvalue weighted by Gasteiger charge is -2.40. The van der Waals surface area contributed by atoms with Crippen molar-refractivity contribution in [1.82, 2.24) is 14.8 Å². The highest BCUT2D eigenvalue weighted by Gasteiger charge is 2.43. The minimum absolute atomic E-state index is 0.0361. The molecule has 2 aliphatic carbocycles. The maximum atomic E-state index is 12.7. The Bertz CT molecular complexity index is 1340. The number of nitrogens with one attached hydrogen (secondary N) is 1. The molecule has 0 saturated heterocycles. The van der Waals surface area contributed by atoms with E-state index < -0.39 is 0 Å². The molecule has 0 amide bonds. The number of pyridine rings is 1. The fraction of sp³-hybridized carbons (Fsp3) is 0.536. The second-order valence-corrected chi connectivity index (χ2v) is 14.5. The molecule has 2 atom stereocenters. The zero-order valence-electron chi connectivity index (χ0n) is 22.2. The van der Waals surface area contributed by atoms with Gasteiger partial charge in [0.2, 0.25) is 0 Å². The van der Waals surface area contributed by atoms with Gasteiger partial charge in [-0.1, -0.05) is 38.7 Å². The third kappa shape index (κ3) is 6.11. The zero-order valence-corrected chi connectivity index (χ0v) is 26.8. The number of anilines is 2. The first-order valence-corrected chi connectivity index (χ1v) is 17.5. The summed E-state index contributed by atoms with van der Waals surface area (Å²) in [5.74, 6) is 2.53. The first-order valence-electron chi connectivity index (χ1n) is 13.1. The second kappa shape index (κ2) is 11.5. The van der Waals surface area contributed by atoms with Crippen LogP contribution in [-0.4, -0.2) is 39.2 Å². The van der Waals surface area contributed by atoms with Crippen LogP contribution in [0.4, 0.5) is 11.5 Å². The molecule has 2 fully saturated rings. The average molecular weight is 713 g/mol. The second-order valence-electron chi connectivity index (χ2n) is 11.1. The number of aryl methyl sites for hydroxylation is 2. The Labute approximate surface area is 248 Å². The van der Waals surface area contributed by atoms with Gasteiger partial charge >= 0.3 is 5.97 Å². The monoisotopic (exact) mass is 712 g/mol. The van der Waals surface area contributed by atoms with E-state index in [-0.39, 0.29) is 23.4 Å². The van der Waals surface area contributed by atoms with Crippen LogP contribution in [0.25, 0.3) is 11.0 Å². The van der Waals surface area contributed by atoms with E-state index in [0.717, 1.165) is 52.0 Å². The third-order valence-electron chi connectivity index (χ3n) is 7.72. The van der Waals surface area contributed by atoms with Gasteiger partial charge in [0, 0.05) is 23.0 Å². The third-order valence-corrected chi connectivity index (χ3v) is 10.2. The molecule has 1 aromatic carbocycles. The smallest absolute Gasteiger partial charge is 0.309 e. The number of hydrogen-bond donors (Lipinski definition) is 1. The van der Waals surface area contributed by atoms with Crippen LogP contribution in [0.15, 0.2) is 28.7 Å². The van der Waals surface area contributed by atoms with Gasteiger partial charge in [0.1, 0.15) is 18.5 Å². The number of aromatic nitrogens is 3. The number of carbonyl (C=O) groups is 1. The van der Waals surface area contributed by atoms with Crippen molar-refractivity contribution in [2.24, 2.45) is 18.4 Å². The standard InChI is InChI=1S/C28H34BrIN4O3S/c1-16-13-22(19(14-21(16)29)17-5-6-17)31-24-10-9-23-25(32-24)26(33-34(23)4)37-18-7-8-20(28(2,3)15-18)27(35)36-11-12-38-30/h9-10,13-14,17-18,20H,5-8,11-12,15H2,1-4H3,(H,31,32). The summed E-state index contributed by atoms with van der Waals surface area (Å²) in [7, 11) is 3.57. The van der Waals surface area contributed by atoms with Crippen molar-refractivity contribution in [2.45, 2.75) is 64.9 Å². The molecule has 10 heteroatoms. The predicted octanol–water partition coefficient (Wildman–Crippen LogP) is 7.86. The van der Waals surface area contributed by atoms with Crippen molar-refractivity contribution >= 4 is 74.6 Å². The fourth-order valence-electron chi connectivity index (χ4n) is 5.48. The SMILES string of the molecule is Cc1cc(Nc2ccc3c(n2)c(OC2CCC(C(=O)OCCSI)C(C)(C)C2)nn3C)c(C2CC2)cc1Br. The Balaban J connectivity index is 1.33. The Kier molecular flexibility index (Phi) is 8.50. The summed E-state index contributed by atoms with van der Waals surface area (Å²) >= 11 is 5.91. The van der Waals surface area contributed by atoms with Crippen LogP contribution < -0.4 is 10.1 Å². The normalized spacial score (nSPS) is 20.9. The van der Waals surface area contributed by atoms with E-state index in [2.05, 4.69) is 80.5 Å². The first-order chi connectivity index (χ1) is 18.2. The lowest BCUT2D eigenvalue weighted by Crippen LogP contribution is -2.41. The van der Waals surface area contributed by atoms with Gasteiger partial charge in [0.25, 0.3) is 5.88 Å². The van der Waals surface area contributed by atoms with E-state index in [1.807, 2.05) is 23.9 Å². The van der Waals surface area contributed by atoms with Crippen LogP contribution in [0.3, 0.4) is 0 Å². The highest BCUT2D eigenvalue weighted by Crippen LogP contribution is 2.46. The molecule has 2 heterocycles. The van der Waals surface area contributed by atoms with E-state index in [9.17, 15) is 4.79 Å². The molecule has 7 nitrogen and oxygen atoms in total. The highest BCUT2D eigenvalue weighted by atomic mass is 127. The molecule has 204 valence electrons. The molecule has 38 heavy (non-hydrogen) atoms. The topological polar surface area (TPSA) is 78.3 Å². The van der Waals surface area contributed by atoms with Crippen LogP contribution >= 0.6 is 46.1 Å². The van der Waals surface area contributed by atoms with Crippen molar-refractivity contribution < 1.29 is 14.3 Å². The van der Waals surface area contributed by atoms with Crippen molar-refractivity contribution in [1.29, 1.82) is 0 Å². The minimum atomic E-state index is -0.221. The molecule has 2 saturated carbocycles. The number of carbonyl (C=O) groups excluding carboxylic acids is 1. The maximum absolute atomic E-state index is 12.7. The first kappa shape index (κ1) is 28.0. The lowest BCUT2D eigenvalue weighted by molar-refractivity contribution is -0.155. The van der Waals surface area contributed by atoms with E-state index in [1.54, 1.807) is 8.93 Å². The quantitative estimate of drug-likeness (QED) is 0.138. The van der Waals surface area contributed by atoms with Gasteiger partial charge < -0.3 is 14.8 Å². The Hall–Kier alpha value is -1.53. The van der Waals surface area contributed by atoms with Crippen molar-refractivity contribution in [3.05, 3.63) is 39.9 Å². The van der Waals surface area contributed by atoms with Gasteiger partial charge in [-0.3, -0.25) is 9.48 Å². The molecule has 5 rings (SSSR count). The number of esters is 1. The number of nitrogens with zero attached hydrogens (tertiary/aromatic N) is 3. The molecule has 0 spiro atoms. The lowest BCUT2D eigenvalue weighted by atomic mass is 9.68. The summed E-state index contributed by atoms with van der Waals surface area (Å²) < 4.78 is 15.0. The molecular weight excluding hydrogens is 679 g/mol. The Morgan fingerprint density at radius 1 is 1.26 bits per heavy atom. The number of ether oxygens (including phenoxy) is 2. The molecule has 3 aromatic rings. The zero-order chi connectivity index (χ0) is 27.0. The molecule has 2 aromatic heterocycles. The molecule has 0 aliphatic heterocycles. The van der Waals surface area contributed by atoms with Crippen molar-refractivity contribution in [3.8, 4) is 5.88 Å². The van der Waals surface area contributed by atoms with Gasteiger partial charge in [-0.2, -0.15) is 0 Å². The van der Waals surface area contributed by atoms with E-state index in [0.29, 0.717) is 18.4 Å². The van der Waals surface area contributed by atoms with Crippen LogP contribution in [0.5, 0.6) is 5.88 Å². The van der Waals surface area contributed by atoms with Gasteiger partial charge in [0.15, 0.2) is 5.52 Å². The number of rotatable bonds is 9. The summed E-state index contributed by atoms with van der Waals surface area (Å²) in [5, 5.41) is 8.24. The molecule has 0 radical (unpaired) electrons. The number of benzene rings is 1. The van der Waals surface area contributed by atoms with E-state index in [4.69, 9.17) is 14.5 Å². The summed E-state index contributed by atoms with van der Waals surface area (Å²) in [5.41, 5.74) is 5.07. The minimum Gasteiger partial charge on any atom is -0.472 e. The van der Waals surface area contributed by atoms with E-state index in [1.165, 1.54) is 24.0 Å². The highest BCUT2D eigenvalue weighted by molar-refractivity contribution is 14.2. The van der Waals surface area contributed by atoms with Gasteiger partial charge in [-0.25, -0.2) is 4.98 Å². The Morgan fingerprint density at radius 3 is 2.76 bits per heavy atom. The van der Waals surface area contributed by atoms with Crippen molar-refractivity contribution in [3.63, 3.8) is 0 Å². The molecular formula is C28H34BrIN4O3S. The maximum Gasteiger partial charge on any atom is 0.309 e. The molecule has 2 aliphatic rings. The summed E-state index contributed by atoms with van der Waals surface area (Å²) in [6.45, 7) is 6.84. The molecule has 2 unspecified atom stereocenters. The molecule has 1 N–H and O–H groups in total.